The Balaban J connectivity index is 2.30. The monoisotopic (exact) mass is 311 g/mol. The molecule has 0 saturated carbocycles. The molecular formula is C15H21NO4S. The summed E-state index contributed by atoms with van der Waals surface area (Å²) in [7, 11) is 4.90. The number of ether oxygens (including phenoxy) is 3. The second kappa shape index (κ2) is 7.56. The maximum Gasteiger partial charge on any atom is 0.224 e. The molecule has 0 aromatic heterocycles. The number of rotatable bonds is 6. The standard InChI is InChI=1S/C15H21NO4S/c1-18-8-7-16-14(17)6-9-21-15(16)12-5-4-11(19-2)10-13(12)20-3/h4-5,10,15H,6-9H2,1-3H3. The Bertz CT molecular complexity index is 495. The lowest BCUT2D eigenvalue weighted by atomic mass is 10.1. The lowest BCUT2D eigenvalue weighted by molar-refractivity contribution is -0.132. The first-order valence-corrected chi connectivity index (χ1v) is 7.88. The SMILES string of the molecule is COCCN1C(=O)CCSC1c1ccc(OC)cc1OC. The zero-order valence-corrected chi connectivity index (χ0v) is 13.4. The fourth-order valence-electron chi connectivity index (χ4n) is 2.33. The highest BCUT2D eigenvalue weighted by molar-refractivity contribution is 7.99. The van der Waals surface area contributed by atoms with Gasteiger partial charge in [-0.05, 0) is 12.1 Å². The van der Waals surface area contributed by atoms with E-state index < -0.39 is 0 Å². The van der Waals surface area contributed by atoms with Gasteiger partial charge in [0.1, 0.15) is 16.9 Å². The largest absolute Gasteiger partial charge is 0.497 e. The predicted octanol–water partition coefficient (Wildman–Crippen LogP) is 2.31. The van der Waals surface area contributed by atoms with Crippen LogP contribution in [0.4, 0.5) is 0 Å². The minimum Gasteiger partial charge on any atom is -0.497 e. The Hall–Kier alpha value is -1.40. The minimum atomic E-state index is -0.0396. The van der Waals surface area contributed by atoms with Crippen LogP contribution in [0.25, 0.3) is 0 Å². The highest BCUT2D eigenvalue weighted by atomic mass is 32.2. The van der Waals surface area contributed by atoms with Crippen molar-refractivity contribution in [3.05, 3.63) is 23.8 Å². The quantitative estimate of drug-likeness (QED) is 0.807. The number of benzene rings is 1. The van der Waals surface area contributed by atoms with Crippen molar-refractivity contribution in [2.24, 2.45) is 0 Å². The zero-order chi connectivity index (χ0) is 15.2. The van der Waals surface area contributed by atoms with Crippen LogP contribution in [0.2, 0.25) is 0 Å². The van der Waals surface area contributed by atoms with Crippen LogP contribution in [-0.4, -0.2) is 51.0 Å². The average molecular weight is 311 g/mol. The molecule has 1 amide bonds. The van der Waals surface area contributed by atoms with Gasteiger partial charge in [0.2, 0.25) is 5.91 Å². The highest BCUT2D eigenvalue weighted by Crippen LogP contribution is 2.42. The minimum absolute atomic E-state index is 0.0396. The van der Waals surface area contributed by atoms with Gasteiger partial charge in [0, 0.05) is 37.5 Å². The van der Waals surface area contributed by atoms with E-state index in [1.165, 1.54) is 0 Å². The van der Waals surface area contributed by atoms with Crippen molar-refractivity contribution in [2.75, 3.05) is 40.2 Å². The third-order valence-corrected chi connectivity index (χ3v) is 4.70. The number of carbonyl (C=O) groups is 1. The second-order valence-corrected chi connectivity index (χ2v) is 5.85. The summed E-state index contributed by atoms with van der Waals surface area (Å²) in [4.78, 5) is 14.1. The molecule has 5 nitrogen and oxygen atoms in total. The molecule has 6 heteroatoms. The van der Waals surface area contributed by atoms with Gasteiger partial charge < -0.3 is 19.1 Å². The average Bonchev–Trinajstić information content (AvgIpc) is 2.53. The van der Waals surface area contributed by atoms with E-state index in [0.29, 0.717) is 19.6 Å². The van der Waals surface area contributed by atoms with Crippen molar-refractivity contribution < 1.29 is 19.0 Å². The first-order chi connectivity index (χ1) is 10.2. The Morgan fingerprint density at radius 2 is 2.10 bits per heavy atom. The van der Waals surface area contributed by atoms with Gasteiger partial charge in [-0.2, -0.15) is 0 Å². The van der Waals surface area contributed by atoms with E-state index in [0.717, 1.165) is 22.8 Å². The smallest absolute Gasteiger partial charge is 0.224 e. The van der Waals surface area contributed by atoms with Gasteiger partial charge in [-0.15, -0.1) is 11.8 Å². The first kappa shape index (κ1) is 16.0. The lowest BCUT2D eigenvalue weighted by Crippen LogP contribution is -2.39. The van der Waals surface area contributed by atoms with E-state index in [2.05, 4.69) is 0 Å². The van der Waals surface area contributed by atoms with Crippen LogP contribution in [0.5, 0.6) is 11.5 Å². The summed E-state index contributed by atoms with van der Waals surface area (Å²) in [5.74, 6) is 2.46. The third-order valence-electron chi connectivity index (χ3n) is 3.44. The van der Waals surface area contributed by atoms with Crippen molar-refractivity contribution in [1.82, 2.24) is 4.90 Å². The summed E-state index contributed by atoms with van der Waals surface area (Å²) in [6.45, 7) is 1.11. The molecule has 1 unspecified atom stereocenters. The molecule has 21 heavy (non-hydrogen) atoms. The van der Waals surface area contributed by atoms with Crippen LogP contribution < -0.4 is 9.47 Å². The molecule has 0 spiro atoms. The van der Waals surface area contributed by atoms with Crippen molar-refractivity contribution in [3.8, 4) is 11.5 Å². The van der Waals surface area contributed by atoms with Crippen LogP contribution in [0.15, 0.2) is 18.2 Å². The fourth-order valence-corrected chi connectivity index (χ4v) is 3.63. The molecule has 1 atom stereocenters. The number of hydrogen-bond donors (Lipinski definition) is 0. The normalized spacial score (nSPS) is 18.7. The van der Waals surface area contributed by atoms with Gasteiger partial charge in [-0.3, -0.25) is 4.79 Å². The Morgan fingerprint density at radius 3 is 2.76 bits per heavy atom. The van der Waals surface area contributed by atoms with Gasteiger partial charge in [-0.1, -0.05) is 0 Å². The van der Waals surface area contributed by atoms with Gasteiger partial charge in [0.15, 0.2) is 0 Å². The van der Waals surface area contributed by atoms with Gasteiger partial charge in [0.05, 0.1) is 20.8 Å². The van der Waals surface area contributed by atoms with Crippen LogP contribution in [0.1, 0.15) is 17.4 Å². The molecule has 1 aromatic carbocycles. The number of methoxy groups -OCH3 is 3. The second-order valence-electron chi connectivity index (χ2n) is 4.66. The number of nitrogens with zero attached hydrogens (tertiary/aromatic N) is 1. The summed E-state index contributed by atoms with van der Waals surface area (Å²) in [5.41, 5.74) is 0.993. The summed E-state index contributed by atoms with van der Waals surface area (Å²) in [6.07, 6.45) is 0.573. The van der Waals surface area contributed by atoms with Crippen LogP contribution in [0.3, 0.4) is 0 Å². The van der Waals surface area contributed by atoms with Crippen molar-refractivity contribution in [2.45, 2.75) is 11.8 Å². The van der Waals surface area contributed by atoms with E-state index in [4.69, 9.17) is 14.2 Å². The Labute approximate surface area is 129 Å². The molecule has 1 fully saturated rings. The predicted molar refractivity (Wildman–Crippen MR) is 83.0 cm³/mol. The van der Waals surface area contributed by atoms with Gasteiger partial charge >= 0.3 is 0 Å². The van der Waals surface area contributed by atoms with E-state index in [1.54, 1.807) is 33.1 Å². The van der Waals surface area contributed by atoms with E-state index >= 15 is 0 Å². The summed E-state index contributed by atoms with van der Waals surface area (Å²) < 4.78 is 15.8. The van der Waals surface area contributed by atoms with E-state index in [9.17, 15) is 4.79 Å². The molecular weight excluding hydrogens is 290 g/mol. The highest BCUT2D eigenvalue weighted by Gasteiger charge is 2.31. The summed E-state index contributed by atoms with van der Waals surface area (Å²) in [6, 6.07) is 5.71. The molecule has 1 aliphatic heterocycles. The van der Waals surface area contributed by atoms with Crippen molar-refractivity contribution >= 4 is 17.7 Å². The van der Waals surface area contributed by atoms with Crippen molar-refractivity contribution in [1.29, 1.82) is 0 Å². The first-order valence-electron chi connectivity index (χ1n) is 6.83. The van der Waals surface area contributed by atoms with Crippen LogP contribution in [-0.2, 0) is 9.53 Å². The van der Waals surface area contributed by atoms with Crippen LogP contribution >= 0.6 is 11.8 Å². The molecule has 2 rings (SSSR count). The third kappa shape index (κ3) is 3.63. The van der Waals surface area contributed by atoms with Crippen LogP contribution in [0, 0.1) is 0 Å². The summed E-state index contributed by atoms with van der Waals surface area (Å²) in [5, 5.41) is -0.0396. The molecule has 1 aromatic rings. The molecule has 0 aliphatic carbocycles. The van der Waals surface area contributed by atoms with E-state index in [1.807, 2.05) is 23.1 Å². The van der Waals surface area contributed by atoms with Gasteiger partial charge in [-0.25, -0.2) is 0 Å². The lowest BCUT2D eigenvalue weighted by Gasteiger charge is -2.35. The number of carbonyl (C=O) groups excluding carboxylic acids is 1. The molecule has 0 N–H and O–H groups in total. The number of amides is 1. The molecule has 1 heterocycles. The maximum absolute atomic E-state index is 12.2. The molecule has 1 aliphatic rings. The Morgan fingerprint density at radius 1 is 1.29 bits per heavy atom. The topological polar surface area (TPSA) is 48.0 Å². The molecule has 1 saturated heterocycles. The number of thioether (sulfide) groups is 1. The summed E-state index contributed by atoms with van der Waals surface area (Å²) >= 11 is 1.75. The molecule has 116 valence electrons. The Kier molecular flexibility index (Phi) is 5.76. The number of hydrogen-bond acceptors (Lipinski definition) is 5. The van der Waals surface area contributed by atoms with Gasteiger partial charge in [0.25, 0.3) is 0 Å². The zero-order valence-electron chi connectivity index (χ0n) is 12.6. The van der Waals surface area contributed by atoms with Crippen molar-refractivity contribution in [3.63, 3.8) is 0 Å². The maximum atomic E-state index is 12.2. The molecule has 0 radical (unpaired) electrons. The fraction of sp³-hybridized carbons (Fsp3) is 0.533. The molecule has 0 bridgehead atoms. The van der Waals surface area contributed by atoms with E-state index in [-0.39, 0.29) is 11.3 Å².